The van der Waals surface area contributed by atoms with Crippen LogP contribution in [0, 0.1) is 5.92 Å². The first kappa shape index (κ1) is 16.1. The maximum atomic E-state index is 12.1. The van der Waals surface area contributed by atoms with Crippen molar-refractivity contribution < 1.29 is 18.3 Å². The molecule has 7 heteroatoms. The molecular weight excluding hydrogens is 334 g/mol. The van der Waals surface area contributed by atoms with Crippen molar-refractivity contribution in [1.29, 1.82) is 0 Å². The zero-order chi connectivity index (χ0) is 14.6. The molecule has 2 N–H and O–H groups in total. The van der Waals surface area contributed by atoms with E-state index in [0.29, 0.717) is 10.9 Å². The highest BCUT2D eigenvalue weighted by molar-refractivity contribution is 9.10. The molecule has 0 bridgehead atoms. The standard InChI is InChI=1S/C12H16BrNO4S/c1-3-8(2)11(12(15)16)14-19(17,18)10-6-4-5-9(13)7-10/h4-8,11,14H,3H2,1-2H3,(H,15,16)/t8-,11-/m0/s1. The summed E-state index contributed by atoms with van der Waals surface area (Å²) in [4.78, 5) is 11.2. The van der Waals surface area contributed by atoms with Gasteiger partial charge in [-0.25, -0.2) is 8.42 Å². The number of carbonyl (C=O) groups is 1. The van der Waals surface area contributed by atoms with E-state index in [1.165, 1.54) is 12.1 Å². The summed E-state index contributed by atoms with van der Waals surface area (Å²) >= 11 is 3.18. The first-order chi connectivity index (χ1) is 8.77. The Hall–Kier alpha value is -0.920. The van der Waals surface area contributed by atoms with E-state index in [9.17, 15) is 13.2 Å². The second kappa shape index (κ2) is 6.49. The fourth-order valence-corrected chi connectivity index (χ4v) is 3.41. The molecule has 0 saturated heterocycles. The minimum atomic E-state index is -3.84. The number of hydrogen-bond donors (Lipinski definition) is 2. The lowest BCUT2D eigenvalue weighted by molar-refractivity contribution is -0.140. The molecular formula is C12H16BrNO4S. The predicted molar refractivity (Wildman–Crippen MR) is 75.3 cm³/mol. The van der Waals surface area contributed by atoms with Gasteiger partial charge in [0.25, 0.3) is 0 Å². The summed E-state index contributed by atoms with van der Waals surface area (Å²) in [5.74, 6) is -1.47. The van der Waals surface area contributed by atoms with E-state index in [2.05, 4.69) is 20.7 Å². The lowest BCUT2D eigenvalue weighted by atomic mass is 10.0. The molecule has 0 heterocycles. The maximum absolute atomic E-state index is 12.1. The molecule has 0 fully saturated rings. The summed E-state index contributed by atoms with van der Waals surface area (Å²) in [7, 11) is -3.84. The Labute approximate surface area is 121 Å². The van der Waals surface area contributed by atoms with E-state index in [1.54, 1.807) is 19.1 Å². The van der Waals surface area contributed by atoms with Crippen LogP contribution in [0.15, 0.2) is 33.6 Å². The maximum Gasteiger partial charge on any atom is 0.322 e. The van der Waals surface area contributed by atoms with E-state index in [4.69, 9.17) is 5.11 Å². The van der Waals surface area contributed by atoms with Crippen LogP contribution >= 0.6 is 15.9 Å². The highest BCUT2D eigenvalue weighted by atomic mass is 79.9. The molecule has 0 saturated carbocycles. The fraction of sp³-hybridized carbons (Fsp3) is 0.417. The Morgan fingerprint density at radius 2 is 2.11 bits per heavy atom. The predicted octanol–water partition coefficient (Wildman–Crippen LogP) is 2.23. The smallest absolute Gasteiger partial charge is 0.322 e. The normalized spacial score (nSPS) is 14.9. The third kappa shape index (κ3) is 4.29. The third-order valence-corrected chi connectivity index (χ3v) is 4.80. The Balaban J connectivity index is 3.04. The highest BCUT2D eigenvalue weighted by Crippen LogP contribution is 2.18. The van der Waals surface area contributed by atoms with E-state index in [0.717, 1.165) is 0 Å². The third-order valence-electron chi connectivity index (χ3n) is 2.87. The number of carboxylic acids is 1. The van der Waals surface area contributed by atoms with Crippen LogP contribution in [0.1, 0.15) is 20.3 Å². The van der Waals surface area contributed by atoms with Crippen molar-refractivity contribution in [1.82, 2.24) is 4.72 Å². The molecule has 0 aromatic heterocycles. The van der Waals surface area contributed by atoms with Crippen molar-refractivity contribution in [2.24, 2.45) is 5.92 Å². The Morgan fingerprint density at radius 1 is 1.47 bits per heavy atom. The molecule has 0 amide bonds. The monoisotopic (exact) mass is 349 g/mol. The summed E-state index contributed by atoms with van der Waals surface area (Å²) in [6.07, 6.45) is 0.567. The van der Waals surface area contributed by atoms with Gasteiger partial charge in [0.2, 0.25) is 10.0 Å². The summed E-state index contributed by atoms with van der Waals surface area (Å²) in [6.45, 7) is 3.51. The molecule has 0 aliphatic heterocycles. The van der Waals surface area contributed by atoms with Gasteiger partial charge in [0.1, 0.15) is 6.04 Å². The van der Waals surface area contributed by atoms with Gasteiger partial charge in [-0.15, -0.1) is 0 Å². The summed E-state index contributed by atoms with van der Waals surface area (Å²) in [5.41, 5.74) is 0. The topological polar surface area (TPSA) is 83.5 Å². The van der Waals surface area contributed by atoms with E-state index >= 15 is 0 Å². The van der Waals surface area contributed by atoms with Crippen LogP contribution in [0.25, 0.3) is 0 Å². The van der Waals surface area contributed by atoms with Crippen LogP contribution < -0.4 is 4.72 Å². The average Bonchev–Trinajstić information content (AvgIpc) is 2.35. The fourth-order valence-electron chi connectivity index (χ4n) is 1.52. The van der Waals surface area contributed by atoms with Gasteiger partial charge >= 0.3 is 5.97 Å². The van der Waals surface area contributed by atoms with Crippen LogP contribution in [-0.4, -0.2) is 25.5 Å². The largest absolute Gasteiger partial charge is 0.480 e. The average molecular weight is 350 g/mol. The molecule has 1 aromatic carbocycles. The minimum absolute atomic E-state index is 0.0384. The molecule has 2 atom stereocenters. The molecule has 0 aliphatic rings. The SMILES string of the molecule is CC[C@H](C)[C@H](NS(=O)(=O)c1cccc(Br)c1)C(=O)O. The molecule has 0 aliphatic carbocycles. The quantitative estimate of drug-likeness (QED) is 0.824. The van der Waals surface area contributed by atoms with Crippen LogP contribution in [0.4, 0.5) is 0 Å². The first-order valence-electron chi connectivity index (χ1n) is 5.78. The van der Waals surface area contributed by atoms with E-state index in [1.807, 2.05) is 6.92 Å². The van der Waals surface area contributed by atoms with Crippen molar-refractivity contribution in [3.8, 4) is 0 Å². The van der Waals surface area contributed by atoms with Gasteiger partial charge in [-0.1, -0.05) is 42.3 Å². The number of aliphatic carboxylic acids is 1. The van der Waals surface area contributed by atoms with Gasteiger partial charge in [-0.3, -0.25) is 4.79 Å². The number of halogens is 1. The van der Waals surface area contributed by atoms with Gasteiger partial charge in [-0.05, 0) is 24.1 Å². The number of carboxylic acid groups (broad SMARTS) is 1. The van der Waals surface area contributed by atoms with Gasteiger partial charge in [0.05, 0.1) is 4.90 Å². The van der Waals surface area contributed by atoms with E-state index in [-0.39, 0.29) is 10.8 Å². The second-order valence-electron chi connectivity index (χ2n) is 4.28. The van der Waals surface area contributed by atoms with Crippen LogP contribution in [0.3, 0.4) is 0 Å². The molecule has 0 radical (unpaired) electrons. The van der Waals surface area contributed by atoms with Gasteiger partial charge in [0.15, 0.2) is 0 Å². The summed E-state index contributed by atoms with van der Waals surface area (Å²) < 4.78 is 27.1. The van der Waals surface area contributed by atoms with E-state index < -0.39 is 22.0 Å². The summed E-state index contributed by atoms with van der Waals surface area (Å²) in [6, 6.07) is 4.99. The molecule has 0 unspecified atom stereocenters. The second-order valence-corrected chi connectivity index (χ2v) is 6.91. The van der Waals surface area contributed by atoms with Crippen molar-refractivity contribution >= 4 is 31.9 Å². The highest BCUT2D eigenvalue weighted by Gasteiger charge is 2.29. The molecule has 0 spiro atoms. The van der Waals surface area contributed by atoms with Crippen LogP contribution in [0.5, 0.6) is 0 Å². The van der Waals surface area contributed by atoms with Crippen molar-refractivity contribution in [2.45, 2.75) is 31.2 Å². The molecule has 106 valence electrons. The van der Waals surface area contributed by atoms with Crippen molar-refractivity contribution in [3.05, 3.63) is 28.7 Å². The number of rotatable bonds is 6. The van der Waals surface area contributed by atoms with Crippen LogP contribution in [0.2, 0.25) is 0 Å². The Morgan fingerprint density at radius 3 is 2.58 bits per heavy atom. The Kier molecular flexibility index (Phi) is 5.51. The van der Waals surface area contributed by atoms with Crippen molar-refractivity contribution in [3.63, 3.8) is 0 Å². The van der Waals surface area contributed by atoms with Gasteiger partial charge in [0, 0.05) is 4.47 Å². The number of benzene rings is 1. The lowest BCUT2D eigenvalue weighted by Gasteiger charge is -2.20. The molecule has 5 nitrogen and oxygen atoms in total. The van der Waals surface area contributed by atoms with Crippen molar-refractivity contribution in [2.75, 3.05) is 0 Å². The van der Waals surface area contributed by atoms with Crippen LogP contribution in [-0.2, 0) is 14.8 Å². The molecule has 19 heavy (non-hydrogen) atoms. The molecule has 1 aromatic rings. The number of hydrogen-bond acceptors (Lipinski definition) is 3. The number of nitrogens with one attached hydrogen (secondary N) is 1. The van der Waals surface area contributed by atoms with Gasteiger partial charge < -0.3 is 5.11 Å². The molecule has 1 rings (SSSR count). The lowest BCUT2D eigenvalue weighted by Crippen LogP contribution is -2.44. The summed E-state index contributed by atoms with van der Waals surface area (Å²) in [5, 5.41) is 9.10. The first-order valence-corrected chi connectivity index (χ1v) is 8.06. The Bertz CT molecular complexity index is 559. The zero-order valence-electron chi connectivity index (χ0n) is 10.6. The number of sulfonamides is 1. The van der Waals surface area contributed by atoms with Gasteiger partial charge in [-0.2, -0.15) is 4.72 Å². The zero-order valence-corrected chi connectivity index (χ0v) is 13.0. The minimum Gasteiger partial charge on any atom is -0.480 e.